The van der Waals surface area contributed by atoms with Crippen LogP contribution in [0.2, 0.25) is 0 Å². The van der Waals surface area contributed by atoms with Gasteiger partial charge in [0, 0.05) is 24.8 Å². The van der Waals surface area contributed by atoms with Crippen LogP contribution in [0, 0.1) is 0 Å². The summed E-state index contributed by atoms with van der Waals surface area (Å²) in [4.78, 5) is 26.7. The molecule has 2 aliphatic heterocycles. The van der Waals surface area contributed by atoms with E-state index in [1.54, 1.807) is 11.8 Å². The van der Waals surface area contributed by atoms with Crippen LogP contribution in [0.5, 0.6) is 0 Å². The van der Waals surface area contributed by atoms with Gasteiger partial charge in [-0.2, -0.15) is 0 Å². The van der Waals surface area contributed by atoms with Crippen molar-refractivity contribution in [3.05, 3.63) is 35.4 Å². The molecular formula is C18H24N2O3. The number of rotatable bonds is 3. The van der Waals surface area contributed by atoms with Crippen molar-refractivity contribution < 1.29 is 14.3 Å². The number of nitrogens with zero attached hydrogens (tertiary/aromatic N) is 1. The highest BCUT2D eigenvalue weighted by atomic mass is 16.5. The van der Waals surface area contributed by atoms with Gasteiger partial charge in [0.25, 0.3) is 5.91 Å². The summed E-state index contributed by atoms with van der Waals surface area (Å²) in [7, 11) is 0. The van der Waals surface area contributed by atoms with Crippen molar-refractivity contribution in [1.29, 1.82) is 0 Å². The second kappa shape index (κ2) is 5.96. The predicted molar refractivity (Wildman–Crippen MR) is 87.0 cm³/mol. The van der Waals surface area contributed by atoms with E-state index in [9.17, 15) is 9.59 Å². The van der Waals surface area contributed by atoms with Gasteiger partial charge in [-0.3, -0.25) is 9.59 Å². The Kier molecular flexibility index (Phi) is 4.15. The van der Waals surface area contributed by atoms with E-state index in [0.717, 1.165) is 18.4 Å². The van der Waals surface area contributed by atoms with Crippen molar-refractivity contribution in [2.75, 3.05) is 6.61 Å². The zero-order valence-electron chi connectivity index (χ0n) is 14.0. The number of amides is 2. The van der Waals surface area contributed by atoms with E-state index in [1.165, 1.54) is 0 Å². The third-order valence-corrected chi connectivity index (χ3v) is 4.74. The maximum atomic E-state index is 12.6. The van der Waals surface area contributed by atoms with Crippen LogP contribution in [0.25, 0.3) is 0 Å². The lowest BCUT2D eigenvalue weighted by Gasteiger charge is -2.36. The molecule has 2 atom stereocenters. The summed E-state index contributed by atoms with van der Waals surface area (Å²) in [5.41, 5.74) is 1.49. The highest BCUT2D eigenvalue weighted by Gasteiger charge is 2.35. The van der Waals surface area contributed by atoms with E-state index in [-0.39, 0.29) is 23.5 Å². The zero-order valence-corrected chi connectivity index (χ0v) is 14.0. The summed E-state index contributed by atoms with van der Waals surface area (Å²) in [6.07, 6.45) is 1.61. The van der Waals surface area contributed by atoms with Crippen molar-refractivity contribution in [2.45, 2.75) is 57.8 Å². The van der Waals surface area contributed by atoms with Crippen molar-refractivity contribution in [1.82, 2.24) is 10.2 Å². The van der Waals surface area contributed by atoms with Crippen LogP contribution in [0.4, 0.5) is 0 Å². The molecule has 2 unspecified atom stereocenters. The molecule has 1 aromatic rings. The average molecular weight is 316 g/mol. The molecule has 0 spiro atoms. The van der Waals surface area contributed by atoms with Gasteiger partial charge in [-0.1, -0.05) is 18.2 Å². The van der Waals surface area contributed by atoms with Crippen LogP contribution in [-0.2, 0) is 16.1 Å². The lowest BCUT2D eigenvalue weighted by molar-refractivity contribution is -0.128. The molecule has 1 fully saturated rings. The van der Waals surface area contributed by atoms with Crippen LogP contribution >= 0.6 is 0 Å². The summed E-state index contributed by atoms with van der Waals surface area (Å²) in [6.45, 7) is 7.03. The molecule has 1 aromatic carbocycles. The largest absolute Gasteiger partial charge is 0.375 e. The zero-order chi connectivity index (χ0) is 16.6. The molecule has 1 N–H and O–H groups in total. The van der Waals surface area contributed by atoms with E-state index >= 15 is 0 Å². The van der Waals surface area contributed by atoms with E-state index < -0.39 is 6.04 Å². The Morgan fingerprint density at radius 2 is 2.13 bits per heavy atom. The van der Waals surface area contributed by atoms with E-state index in [0.29, 0.717) is 18.7 Å². The molecule has 3 rings (SSSR count). The number of hydrogen-bond donors (Lipinski definition) is 1. The topological polar surface area (TPSA) is 58.6 Å². The molecule has 2 heterocycles. The maximum Gasteiger partial charge on any atom is 0.255 e. The molecular weight excluding hydrogens is 292 g/mol. The Bertz CT molecular complexity index is 626. The lowest BCUT2D eigenvalue weighted by atomic mass is 9.94. The number of carbonyl (C=O) groups is 2. The predicted octanol–water partition coefficient (Wildman–Crippen LogP) is 2.10. The van der Waals surface area contributed by atoms with Crippen molar-refractivity contribution in [2.24, 2.45) is 0 Å². The molecule has 124 valence electrons. The summed E-state index contributed by atoms with van der Waals surface area (Å²) in [5, 5.41) is 3.09. The normalized spacial score (nSPS) is 24.2. The first kappa shape index (κ1) is 16.0. The minimum Gasteiger partial charge on any atom is -0.375 e. The Morgan fingerprint density at radius 1 is 1.39 bits per heavy atom. The highest BCUT2D eigenvalue weighted by Crippen LogP contribution is 2.26. The maximum absolute atomic E-state index is 12.6. The fourth-order valence-electron chi connectivity index (χ4n) is 3.41. The SMILES string of the molecule is CC(C(=O)NC1CCOC(C)(C)C1)N1Cc2ccccc2C1=O. The lowest BCUT2D eigenvalue weighted by Crippen LogP contribution is -2.51. The third kappa shape index (κ3) is 3.24. The van der Waals surface area contributed by atoms with E-state index in [2.05, 4.69) is 5.32 Å². The second-order valence-electron chi connectivity index (χ2n) is 7.07. The number of carbonyl (C=O) groups excluding carboxylic acids is 2. The highest BCUT2D eigenvalue weighted by molar-refractivity contribution is 6.01. The molecule has 2 amide bonds. The number of fused-ring (bicyclic) bond motifs is 1. The standard InChI is InChI=1S/C18H24N2O3/c1-12(16(21)19-14-8-9-23-18(2,3)10-14)20-11-13-6-4-5-7-15(13)17(20)22/h4-7,12,14H,8-11H2,1-3H3,(H,19,21). The van der Waals surface area contributed by atoms with Gasteiger partial charge in [0.1, 0.15) is 6.04 Å². The summed E-state index contributed by atoms with van der Waals surface area (Å²) >= 11 is 0. The number of hydrogen-bond acceptors (Lipinski definition) is 3. The molecule has 0 aromatic heterocycles. The smallest absolute Gasteiger partial charge is 0.255 e. The summed E-state index contributed by atoms with van der Waals surface area (Å²) in [6, 6.07) is 7.18. The monoisotopic (exact) mass is 316 g/mol. The minimum atomic E-state index is -0.471. The minimum absolute atomic E-state index is 0.0597. The van der Waals surface area contributed by atoms with Crippen molar-refractivity contribution in [3.8, 4) is 0 Å². The summed E-state index contributed by atoms with van der Waals surface area (Å²) < 4.78 is 5.68. The Hall–Kier alpha value is -1.88. The van der Waals surface area contributed by atoms with Gasteiger partial charge in [0.2, 0.25) is 5.91 Å². The molecule has 0 aliphatic carbocycles. The van der Waals surface area contributed by atoms with E-state index in [4.69, 9.17) is 4.74 Å². The molecule has 1 saturated heterocycles. The Balaban J connectivity index is 1.64. The van der Waals surface area contributed by atoms with Gasteiger partial charge >= 0.3 is 0 Å². The molecule has 5 heteroatoms. The molecule has 0 radical (unpaired) electrons. The second-order valence-corrected chi connectivity index (χ2v) is 7.07. The number of benzene rings is 1. The number of nitrogens with one attached hydrogen (secondary N) is 1. The van der Waals surface area contributed by atoms with Gasteiger partial charge in [-0.25, -0.2) is 0 Å². The van der Waals surface area contributed by atoms with Crippen LogP contribution < -0.4 is 5.32 Å². The fourth-order valence-corrected chi connectivity index (χ4v) is 3.41. The van der Waals surface area contributed by atoms with Gasteiger partial charge in [-0.15, -0.1) is 0 Å². The molecule has 0 saturated carbocycles. The van der Waals surface area contributed by atoms with Crippen molar-refractivity contribution >= 4 is 11.8 Å². The Labute approximate surface area is 137 Å². The van der Waals surface area contributed by atoms with Gasteiger partial charge in [0.15, 0.2) is 0 Å². The number of ether oxygens (including phenoxy) is 1. The van der Waals surface area contributed by atoms with Crippen LogP contribution in [0.3, 0.4) is 0 Å². The van der Waals surface area contributed by atoms with Crippen LogP contribution in [-0.4, -0.2) is 41.0 Å². The van der Waals surface area contributed by atoms with Crippen molar-refractivity contribution in [3.63, 3.8) is 0 Å². The third-order valence-electron chi connectivity index (χ3n) is 4.74. The molecule has 2 aliphatic rings. The average Bonchev–Trinajstić information content (AvgIpc) is 2.83. The molecule has 5 nitrogen and oxygen atoms in total. The quantitative estimate of drug-likeness (QED) is 0.929. The van der Waals surface area contributed by atoms with E-state index in [1.807, 2.05) is 38.1 Å². The first-order valence-corrected chi connectivity index (χ1v) is 8.20. The first-order chi connectivity index (χ1) is 10.9. The van der Waals surface area contributed by atoms with Crippen LogP contribution in [0.15, 0.2) is 24.3 Å². The van der Waals surface area contributed by atoms with Gasteiger partial charge in [0.05, 0.1) is 5.60 Å². The van der Waals surface area contributed by atoms with Crippen LogP contribution in [0.1, 0.15) is 49.5 Å². The van der Waals surface area contributed by atoms with Gasteiger partial charge in [-0.05, 0) is 45.2 Å². The van der Waals surface area contributed by atoms with Gasteiger partial charge < -0.3 is 15.0 Å². The summed E-state index contributed by atoms with van der Waals surface area (Å²) in [5.74, 6) is -0.149. The fraction of sp³-hybridized carbons (Fsp3) is 0.556. The first-order valence-electron chi connectivity index (χ1n) is 8.20. The molecule has 23 heavy (non-hydrogen) atoms. The Morgan fingerprint density at radius 3 is 2.83 bits per heavy atom. The molecule has 0 bridgehead atoms.